The van der Waals surface area contributed by atoms with Crippen LogP contribution in [0.1, 0.15) is 37.8 Å². The molecular weight excluding hydrogens is 244 g/mol. The van der Waals surface area contributed by atoms with Gasteiger partial charge < -0.3 is 10.1 Å². The molecule has 0 aliphatic rings. The molecule has 0 aromatic heterocycles. The van der Waals surface area contributed by atoms with Gasteiger partial charge in [-0.05, 0) is 24.9 Å². The second-order valence-electron chi connectivity index (χ2n) is 4.49. The van der Waals surface area contributed by atoms with Crippen LogP contribution in [0.25, 0.3) is 0 Å². The molecule has 106 valence electrons. The van der Waals surface area contributed by atoms with Crippen molar-refractivity contribution >= 4 is 5.69 Å². The lowest BCUT2D eigenvalue weighted by Crippen LogP contribution is -2.23. The van der Waals surface area contributed by atoms with E-state index >= 15 is 0 Å². The number of nitrogens with one attached hydrogen (secondary N) is 1. The van der Waals surface area contributed by atoms with Crippen molar-refractivity contribution in [2.45, 2.75) is 32.2 Å². The van der Waals surface area contributed by atoms with Gasteiger partial charge in [-0.25, -0.2) is 0 Å². The van der Waals surface area contributed by atoms with Crippen molar-refractivity contribution < 1.29 is 9.66 Å². The Bertz CT molecular complexity index is 396. The molecule has 1 rings (SSSR count). The lowest BCUT2D eigenvalue weighted by Gasteiger charge is -2.18. The number of rotatable bonds is 9. The maximum Gasteiger partial charge on any atom is 0.269 e. The van der Waals surface area contributed by atoms with Gasteiger partial charge in [-0.3, -0.25) is 10.1 Å². The smallest absolute Gasteiger partial charge is 0.269 e. The molecule has 1 N–H and O–H groups in total. The lowest BCUT2D eigenvalue weighted by atomic mass is 10.0. The van der Waals surface area contributed by atoms with E-state index in [0.717, 1.165) is 38.0 Å². The molecule has 0 saturated carbocycles. The Kier molecular flexibility index (Phi) is 7.07. The number of non-ortho nitro benzene ring substituents is 1. The molecule has 0 bridgehead atoms. The molecule has 19 heavy (non-hydrogen) atoms. The maximum atomic E-state index is 10.8. The topological polar surface area (TPSA) is 64.4 Å². The summed E-state index contributed by atoms with van der Waals surface area (Å²) in [5.41, 5.74) is 1.13. The number of ether oxygens (including phenoxy) is 1. The van der Waals surface area contributed by atoms with Crippen molar-refractivity contribution in [3.8, 4) is 0 Å². The van der Waals surface area contributed by atoms with E-state index in [1.54, 1.807) is 19.2 Å². The molecular formula is C14H22N2O3. The van der Waals surface area contributed by atoms with Crippen LogP contribution in [-0.4, -0.2) is 25.2 Å². The minimum atomic E-state index is -0.350. The van der Waals surface area contributed by atoms with Crippen molar-refractivity contribution in [2.24, 2.45) is 0 Å². The Labute approximate surface area is 114 Å². The summed E-state index contributed by atoms with van der Waals surface area (Å²) in [5, 5.41) is 14.2. The van der Waals surface area contributed by atoms with Crippen molar-refractivity contribution in [3.63, 3.8) is 0 Å². The lowest BCUT2D eigenvalue weighted by molar-refractivity contribution is -0.384. The van der Waals surface area contributed by atoms with Crippen LogP contribution in [0.4, 0.5) is 5.69 Å². The molecule has 1 unspecified atom stereocenters. The molecule has 0 radical (unpaired) electrons. The largest absolute Gasteiger partial charge is 0.385 e. The molecule has 5 heteroatoms. The average molecular weight is 266 g/mol. The van der Waals surface area contributed by atoms with E-state index in [2.05, 4.69) is 12.2 Å². The summed E-state index contributed by atoms with van der Waals surface area (Å²) in [4.78, 5) is 10.5. The van der Waals surface area contributed by atoms with E-state index in [1.165, 1.54) is 6.07 Å². The summed E-state index contributed by atoms with van der Waals surface area (Å²) < 4.78 is 5.01. The molecule has 0 fully saturated rings. The van der Waals surface area contributed by atoms with Gasteiger partial charge in [0.1, 0.15) is 0 Å². The molecule has 5 nitrogen and oxygen atoms in total. The highest BCUT2D eigenvalue weighted by atomic mass is 16.6. The minimum absolute atomic E-state index is 0.150. The zero-order valence-corrected chi connectivity index (χ0v) is 11.6. The summed E-state index contributed by atoms with van der Waals surface area (Å²) in [6, 6.07) is 7.03. The van der Waals surface area contributed by atoms with Crippen LogP contribution in [0.2, 0.25) is 0 Å². The molecule has 1 atom stereocenters. The van der Waals surface area contributed by atoms with Crippen LogP contribution in [0.15, 0.2) is 24.3 Å². The third-order valence-corrected chi connectivity index (χ3v) is 2.98. The van der Waals surface area contributed by atoms with E-state index in [0.29, 0.717) is 0 Å². The second kappa shape index (κ2) is 8.61. The van der Waals surface area contributed by atoms with E-state index in [-0.39, 0.29) is 16.7 Å². The number of methoxy groups -OCH3 is 1. The quantitative estimate of drug-likeness (QED) is 0.424. The fraction of sp³-hybridized carbons (Fsp3) is 0.571. The first-order valence-electron chi connectivity index (χ1n) is 6.65. The Balaban J connectivity index is 2.68. The predicted molar refractivity (Wildman–Crippen MR) is 75.2 cm³/mol. The van der Waals surface area contributed by atoms with E-state index < -0.39 is 0 Å². The summed E-state index contributed by atoms with van der Waals surface area (Å²) in [6.07, 6.45) is 2.93. The Morgan fingerprint density at radius 3 is 2.89 bits per heavy atom. The highest BCUT2D eigenvalue weighted by Gasteiger charge is 2.13. The van der Waals surface area contributed by atoms with Gasteiger partial charge in [-0.1, -0.05) is 25.5 Å². The fourth-order valence-electron chi connectivity index (χ4n) is 2.02. The SMILES string of the molecule is CCCC(NCCCOC)c1cccc([N+](=O)[O-])c1. The number of nitro groups is 1. The van der Waals surface area contributed by atoms with Crippen molar-refractivity contribution in [1.29, 1.82) is 0 Å². The van der Waals surface area contributed by atoms with Crippen molar-refractivity contribution in [1.82, 2.24) is 5.32 Å². The first kappa shape index (κ1) is 15.6. The van der Waals surface area contributed by atoms with Crippen LogP contribution in [0, 0.1) is 10.1 Å². The molecule has 0 heterocycles. The van der Waals surface area contributed by atoms with Crippen LogP contribution in [0.5, 0.6) is 0 Å². The van der Waals surface area contributed by atoms with Gasteiger partial charge in [-0.2, -0.15) is 0 Å². The van der Waals surface area contributed by atoms with Crippen LogP contribution >= 0.6 is 0 Å². The molecule has 0 spiro atoms. The maximum absolute atomic E-state index is 10.8. The fourth-order valence-corrected chi connectivity index (χ4v) is 2.02. The highest BCUT2D eigenvalue weighted by molar-refractivity contribution is 5.35. The molecule has 0 saturated heterocycles. The number of nitro benzene ring substituents is 1. The van der Waals surface area contributed by atoms with E-state index in [1.807, 2.05) is 6.07 Å². The summed E-state index contributed by atoms with van der Waals surface area (Å²) in [5.74, 6) is 0. The number of hydrogen-bond donors (Lipinski definition) is 1. The first-order valence-corrected chi connectivity index (χ1v) is 6.65. The minimum Gasteiger partial charge on any atom is -0.385 e. The first-order chi connectivity index (χ1) is 9.19. The second-order valence-corrected chi connectivity index (χ2v) is 4.49. The van der Waals surface area contributed by atoms with E-state index in [9.17, 15) is 10.1 Å². The Hall–Kier alpha value is -1.46. The Morgan fingerprint density at radius 2 is 2.26 bits per heavy atom. The van der Waals surface area contributed by atoms with E-state index in [4.69, 9.17) is 4.74 Å². The number of benzene rings is 1. The van der Waals surface area contributed by atoms with Crippen molar-refractivity contribution in [2.75, 3.05) is 20.3 Å². The van der Waals surface area contributed by atoms with Gasteiger partial charge in [0.2, 0.25) is 0 Å². The summed E-state index contributed by atoms with van der Waals surface area (Å²) >= 11 is 0. The third kappa shape index (κ3) is 5.36. The van der Waals surface area contributed by atoms with Crippen LogP contribution in [-0.2, 0) is 4.74 Å². The zero-order valence-electron chi connectivity index (χ0n) is 11.6. The van der Waals surface area contributed by atoms with Gasteiger partial charge in [0.15, 0.2) is 0 Å². The van der Waals surface area contributed by atoms with Gasteiger partial charge in [0, 0.05) is 31.9 Å². The summed E-state index contributed by atoms with van der Waals surface area (Å²) in [6.45, 7) is 3.68. The van der Waals surface area contributed by atoms with Gasteiger partial charge in [-0.15, -0.1) is 0 Å². The normalized spacial score (nSPS) is 12.3. The monoisotopic (exact) mass is 266 g/mol. The van der Waals surface area contributed by atoms with Crippen LogP contribution in [0.3, 0.4) is 0 Å². The molecule has 0 amide bonds. The van der Waals surface area contributed by atoms with Crippen LogP contribution < -0.4 is 5.32 Å². The highest BCUT2D eigenvalue weighted by Crippen LogP contribution is 2.22. The zero-order chi connectivity index (χ0) is 14.1. The average Bonchev–Trinajstić information content (AvgIpc) is 2.42. The van der Waals surface area contributed by atoms with Crippen molar-refractivity contribution in [3.05, 3.63) is 39.9 Å². The summed E-state index contributed by atoms with van der Waals surface area (Å²) in [7, 11) is 1.68. The van der Waals surface area contributed by atoms with Gasteiger partial charge in [0.05, 0.1) is 4.92 Å². The molecule has 0 aliphatic heterocycles. The Morgan fingerprint density at radius 1 is 1.47 bits per heavy atom. The van der Waals surface area contributed by atoms with Gasteiger partial charge >= 0.3 is 0 Å². The standard InChI is InChI=1S/C14H22N2O3/c1-3-6-14(15-9-5-10-19-2)12-7-4-8-13(11-12)16(17)18/h4,7-8,11,14-15H,3,5-6,9-10H2,1-2H3. The van der Waals surface area contributed by atoms with Gasteiger partial charge in [0.25, 0.3) is 5.69 Å². The molecule has 1 aromatic rings. The molecule has 0 aliphatic carbocycles. The predicted octanol–water partition coefficient (Wildman–Crippen LogP) is 3.06. The third-order valence-electron chi connectivity index (χ3n) is 2.98. The molecule has 1 aromatic carbocycles. The number of nitrogens with zero attached hydrogens (tertiary/aromatic N) is 1. The number of hydrogen-bond acceptors (Lipinski definition) is 4.